The number of aromatic nitrogens is 2. The van der Waals surface area contributed by atoms with Gasteiger partial charge >= 0.3 is 0 Å². The smallest absolute Gasteiger partial charge is 0.262 e. The maximum Gasteiger partial charge on any atom is 0.288 e. The average Bonchev–Trinajstić information content (AvgIpc) is 2.17. The lowest BCUT2D eigenvalue weighted by Crippen LogP contribution is -1.90. The van der Waals surface area contributed by atoms with Crippen LogP contribution >= 0.6 is 11.6 Å². The molecule has 0 N–H and O–H groups in total. The van der Waals surface area contributed by atoms with E-state index in [0.29, 0.717) is 15.9 Å². The Bertz CT molecular complexity index is 515. The minimum atomic E-state index is -0.507. The van der Waals surface area contributed by atoms with E-state index in [1.54, 1.807) is 0 Å². The second-order valence-corrected chi connectivity index (χ2v) is 3.05. The summed E-state index contributed by atoms with van der Waals surface area (Å²) in [5.41, 5.74) is 0.453. The molecule has 2 aromatic rings. The summed E-state index contributed by atoms with van der Waals surface area (Å²) >= 11 is 5.79. The molecule has 0 fully saturated rings. The normalized spacial score (nSPS) is 10.4. The lowest BCUT2D eigenvalue weighted by atomic mass is 10.2. The van der Waals surface area contributed by atoms with Crippen molar-refractivity contribution in [1.29, 1.82) is 0 Å². The maximum atomic E-state index is 10.4. The Labute approximate surface area is 83.5 Å². The highest BCUT2D eigenvalue weighted by atomic mass is 35.5. The molecule has 70 valence electrons. The van der Waals surface area contributed by atoms with Gasteiger partial charge in [0, 0.05) is 23.8 Å². The van der Waals surface area contributed by atoms with Crippen molar-refractivity contribution >= 4 is 28.2 Å². The van der Waals surface area contributed by atoms with Crippen LogP contribution < -0.4 is 0 Å². The van der Waals surface area contributed by atoms with Crippen molar-refractivity contribution in [1.82, 2.24) is 9.97 Å². The number of nitro groups is 1. The highest BCUT2D eigenvalue weighted by Crippen LogP contribution is 2.22. The van der Waals surface area contributed by atoms with E-state index in [4.69, 9.17) is 11.6 Å². The number of fused-ring (bicyclic) bond motifs is 1. The van der Waals surface area contributed by atoms with E-state index in [1.165, 1.54) is 24.7 Å². The van der Waals surface area contributed by atoms with Crippen LogP contribution in [0.25, 0.3) is 10.9 Å². The predicted octanol–water partition coefficient (Wildman–Crippen LogP) is 2.19. The van der Waals surface area contributed by atoms with Crippen molar-refractivity contribution in [3.05, 3.63) is 39.8 Å². The molecule has 5 nitrogen and oxygen atoms in total. The maximum absolute atomic E-state index is 10.4. The third-order valence-electron chi connectivity index (χ3n) is 1.74. The van der Waals surface area contributed by atoms with Gasteiger partial charge in [0.25, 0.3) is 5.69 Å². The van der Waals surface area contributed by atoms with Crippen molar-refractivity contribution in [2.24, 2.45) is 0 Å². The topological polar surface area (TPSA) is 68.9 Å². The first-order chi connectivity index (χ1) is 6.68. The molecule has 2 heterocycles. The van der Waals surface area contributed by atoms with E-state index in [1.807, 2.05) is 0 Å². The molecule has 0 bridgehead atoms. The fourth-order valence-electron chi connectivity index (χ4n) is 1.11. The van der Waals surface area contributed by atoms with Crippen LogP contribution in [0.5, 0.6) is 0 Å². The van der Waals surface area contributed by atoms with Gasteiger partial charge in [-0.1, -0.05) is 11.6 Å². The molecule has 14 heavy (non-hydrogen) atoms. The molecule has 0 saturated heterocycles. The minimum Gasteiger partial charge on any atom is -0.262 e. The molecule has 0 atom stereocenters. The zero-order valence-electron chi connectivity index (χ0n) is 6.85. The molecule has 0 amide bonds. The Kier molecular flexibility index (Phi) is 2.01. The molecule has 6 heteroatoms. The van der Waals surface area contributed by atoms with E-state index >= 15 is 0 Å². The van der Waals surface area contributed by atoms with Crippen molar-refractivity contribution in [2.45, 2.75) is 0 Å². The summed E-state index contributed by atoms with van der Waals surface area (Å²) in [6.07, 6.45) is 4.11. The quantitative estimate of drug-likeness (QED) is 0.533. The number of hydrogen-bond donors (Lipinski definition) is 0. The van der Waals surface area contributed by atoms with Gasteiger partial charge in [0.15, 0.2) is 0 Å². The highest BCUT2D eigenvalue weighted by molar-refractivity contribution is 6.34. The number of rotatable bonds is 1. The van der Waals surface area contributed by atoms with Crippen LogP contribution in [0.3, 0.4) is 0 Å². The van der Waals surface area contributed by atoms with Crippen LogP contribution in [0.15, 0.2) is 24.7 Å². The van der Waals surface area contributed by atoms with Gasteiger partial charge in [0.05, 0.1) is 15.5 Å². The van der Waals surface area contributed by atoms with Gasteiger partial charge in [-0.05, 0) is 0 Å². The van der Waals surface area contributed by atoms with Crippen LogP contribution in [0, 0.1) is 10.1 Å². The molecular weight excluding hydrogens is 206 g/mol. The molecular formula is C8H4ClN3O2. The van der Waals surface area contributed by atoms with Crippen LogP contribution in [-0.2, 0) is 0 Å². The van der Waals surface area contributed by atoms with Crippen LogP contribution in [0.1, 0.15) is 0 Å². The standard InChI is InChI=1S/C8H4ClN3O2/c9-7-4-10-2-5-1-6(12(13)14)3-11-8(5)7/h1-4H. The van der Waals surface area contributed by atoms with Crippen molar-refractivity contribution < 1.29 is 4.92 Å². The van der Waals surface area contributed by atoms with E-state index in [2.05, 4.69) is 9.97 Å². The van der Waals surface area contributed by atoms with E-state index < -0.39 is 4.92 Å². The first-order valence-corrected chi connectivity index (χ1v) is 4.10. The van der Waals surface area contributed by atoms with Gasteiger partial charge < -0.3 is 0 Å². The number of hydrogen-bond acceptors (Lipinski definition) is 4. The minimum absolute atomic E-state index is 0.0680. The van der Waals surface area contributed by atoms with E-state index in [0.717, 1.165) is 0 Å². The Balaban J connectivity index is 2.73. The van der Waals surface area contributed by atoms with Crippen LogP contribution in [0.2, 0.25) is 5.02 Å². The first-order valence-electron chi connectivity index (χ1n) is 3.72. The molecule has 0 aliphatic carbocycles. The highest BCUT2D eigenvalue weighted by Gasteiger charge is 2.08. The summed E-state index contributed by atoms with van der Waals surface area (Å²) in [6.45, 7) is 0. The summed E-state index contributed by atoms with van der Waals surface area (Å²) in [5, 5.41) is 11.4. The van der Waals surface area contributed by atoms with Gasteiger partial charge in [-0.15, -0.1) is 0 Å². The number of pyridine rings is 2. The largest absolute Gasteiger partial charge is 0.288 e. The average molecular weight is 210 g/mol. The van der Waals surface area contributed by atoms with E-state index in [-0.39, 0.29) is 5.69 Å². The molecule has 0 aliphatic rings. The summed E-state index contributed by atoms with van der Waals surface area (Å²) in [7, 11) is 0. The van der Waals surface area contributed by atoms with Gasteiger partial charge in [-0.3, -0.25) is 15.1 Å². The molecule has 0 aliphatic heterocycles. The Morgan fingerprint density at radius 2 is 2.14 bits per heavy atom. The molecule has 0 saturated carbocycles. The zero-order chi connectivity index (χ0) is 10.1. The summed E-state index contributed by atoms with van der Waals surface area (Å²) in [4.78, 5) is 17.6. The SMILES string of the molecule is O=[N+]([O-])c1cnc2c(Cl)cncc2c1. The van der Waals surface area contributed by atoms with Gasteiger partial charge in [0.2, 0.25) is 0 Å². The Morgan fingerprint density at radius 3 is 2.86 bits per heavy atom. The zero-order valence-corrected chi connectivity index (χ0v) is 7.60. The third kappa shape index (κ3) is 1.38. The van der Waals surface area contributed by atoms with Gasteiger partial charge in [-0.2, -0.15) is 0 Å². The van der Waals surface area contributed by atoms with Gasteiger partial charge in [0.1, 0.15) is 6.20 Å². The lowest BCUT2D eigenvalue weighted by molar-refractivity contribution is -0.385. The second kappa shape index (κ2) is 3.19. The lowest BCUT2D eigenvalue weighted by Gasteiger charge is -1.97. The van der Waals surface area contributed by atoms with E-state index in [9.17, 15) is 10.1 Å². The summed E-state index contributed by atoms with van der Waals surface area (Å²) in [5.74, 6) is 0. The Hall–Kier alpha value is -1.75. The molecule has 0 unspecified atom stereocenters. The number of nitrogens with zero attached hydrogens (tertiary/aromatic N) is 3. The van der Waals surface area contributed by atoms with Crippen LogP contribution in [0.4, 0.5) is 5.69 Å². The second-order valence-electron chi connectivity index (χ2n) is 2.64. The van der Waals surface area contributed by atoms with Crippen molar-refractivity contribution in [3.8, 4) is 0 Å². The fourth-order valence-corrected chi connectivity index (χ4v) is 1.33. The van der Waals surface area contributed by atoms with Crippen molar-refractivity contribution in [2.75, 3.05) is 0 Å². The predicted molar refractivity (Wildman–Crippen MR) is 51.2 cm³/mol. The Morgan fingerprint density at radius 1 is 1.36 bits per heavy atom. The molecule has 0 radical (unpaired) electrons. The molecule has 2 rings (SSSR count). The van der Waals surface area contributed by atoms with Crippen molar-refractivity contribution in [3.63, 3.8) is 0 Å². The summed E-state index contributed by atoms with van der Waals surface area (Å²) < 4.78 is 0. The molecule has 0 spiro atoms. The monoisotopic (exact) mass is 209 g/mol. The van der Waals surface area contributed by atoms with Crippen LogP contribution in [-0.4, -0.2) is 14.9 Å². The third-order valence-corrected chi connectivity index (χ3v) is 2.02. The molecule has 2 aromatic heterocycles. The summed E-state index contributed by atoms with van der Waals surface area (Å²) in [6, 6.07) is 1.39. The molecule has 0 aromatic carbocycles. The van der Waals surface area contributed by atoms with Gasteiger partial charge in [-0.25, -0.2) is 4.98 Å². The fraction of sp³-hybridized carbons (Fsp3) is 0. The number of halogens is 1. The first kappa shape index (κ1) is 8.83.